The van der Waals surface area contributed by atoms with Gasteiger partial charge in [-0.15, -0.1) is 0 Å². The van der Waals surface area contributed by atoms with Crippen molar-refractivity contribution in [1.82, 2.24) is 0 Å². The predicted octanol–water partition coefficient (Wildman–Crippen LogP) is 1.07. The lowest BCUT2D eigenvalue weighted by atomic mass is 10.1. The standard InChI is InChI=1S/C8H17NO2/c1-3-4-5-7(9)6-8(10)11-2/h7H,3-6,9H2,1-2H3. The third kappa shape index (κ3) is 5.85. The maximum atomic E-state index is 10.7. The van der Waals surface area contributed by atoms with Crippen LogP contribution in [-0.2, 0) is 9.53 Å². The van der Waals surface area contributed by atoms with E-state index < -0.39 is 0 Å². The van der Waals surface area contributed by atoms with Gasteiger partial charge in [-0.2, -0.15) is 0 Å². The largest absolute Gasteiger partial charge is 0.469 e. The van der Waals surface area contributed by atoms with Crippen LogP contribution in [-0.4, -0.2) is 19.1 Å². The molecule has 0 saturated heterocycles. The Bertz CT molecular complexity index is 115. The van der Waals surface area contributed by atoms with Gasteiger partial charge < -0.3 is 10.5 Å². The minimum absolute atomic E-state index is 0.0256. The summed E-state index contributed by atoms with van der Waals surface area (Å²) in [6.45, 7) is 2.10. The summed E-state index contributed by atoms with van der Waals surface area (Å²) in [4.78, 5) is 10.7. The van der Waals surface area contributed by atoms with Crippen molar-refractivity contribution in [3.05, 3.63) is 0 Å². The van der Waals surface area contributed by atoms with Gasteiger partial charge in [0.05, 0.1) is 13.5 Å². The number of hydrogen-bond donors (Lipinski definition) is 1. The van der Waals surface area contributed by atoms with Gasteiger partial charge in [0.15, 0.2) is 0 Å². The van der Waals surface area contributed by atoms with Crippen LogP contribution < -0.4 is 5.73 Å². The number of carbonyl (C=O) groups excluding carboxylic acids is 1. The van der Waals surface area contributed by atoms with Crippen molar-refractivity contribution >= 4 is 5.97 Å². The molecule has 3 heteroatoms. The van der Waals surface area contributed by atoms with E-state index in [1.165, 1.54) is 7.11 Å². The van der Waals surface area contributed by atoms with E-state index in [1.807, 2.05) is 0 Å². The van der Waals surface area contributed by atoms with Gasteiger partial charge in [0.25, 0.3) is 0 Å². The average molecular weight is 159 g/mol. The van der Waals surface area contributed by atoms with Gasteiger partial charge >= 0.3 is 5.97 Å². The van der Waals surface area contributed by atoms with Crippen LogP contribution in [0.15, 0.2) is 0 Å². The van der Waals surface area contributed by atoms with Crippen molar-refractivity contribution in [2.24, 2.45) is 5.73 Å². The molecule has 1 unspecified atom stereocenters. The van der Waals surface area contributed by atoms with Gasteiger partial charge in [-0.25, -0.2) is 0 Å². The molecule has 66 valence electrons. The fourth-order valence-corrected chi connectivity index (χ4v) is 0.866. The van der Waals surface area contributed by atoms with E-state index in [4.69, 9.17) is 5.73 Å². The molecule has 0 heterocycles. The quantitative estimate of drug-likeness (QED) is 0.610. The molecule has 2 N–H and O–H groups in total. The number of unbranched alkanes of at least 4 members (excludes halogenated alkanes) is 1. The van der Waals surface area contributed by atoms with E-state index in [1.54, 1.807) is 0 Å². The van der Waals surface area contributed by atoms with Crippen molar-refractivity contribution in [2.75, 3.05) is 7.11 Å². The molecule has 1 atom stereocenters. The van der Waals surface area contributed by atoms with Crippen LogP contribution in [0.1, 0.15) is 32.6 Å². The Morgan fingerprint density at radius 3 is 2.73 bits per heavy atom. The molecule has 0 aromatic heterocycles. The average Bonchev–Trinajstić information content (AvgIpc) is 2.00. The molecule has 0 fully saturated rings. The smallest absolute Gasteiger partial charge is 0.307 e. The summed E-state index contributed by atoms with van der Waals surface area (Å²) in [6.07, 6.45) is 3.45. The predicted molar refractivity (Wildman–Crippen MR) is 44.1 cm³/mol. The van der Waals surface area contributed by atoms with Crippen molar-refractivity contribution < 1.29 is 9.53 Å². The molecule has 0 aliphatic heterocycles. The molecule has 0 aromatic carbocycles. The molecule has 0 radical (unpaired) electrons. The number of ether oxygens (including phenoxy) is 1. The molecule has 0 amide bonds. The first-order chi connectivity index (χ1) is 5.20. The minimum atomic E-state index is -0.214. The topological polar surface area (TPSA) is 52.3 Å². The number of esters is 1. The van der Waals surface area contributed by atoms with Gasteiger partial charge in [-0.3, -0.25) is 4.79 Å². The second-order valence-electron chi connectivity index (χ2n) is 2.68. The second kappa shape index (κ2) is 6.16. The van der Waals surface area contributed by atoms with E-state index in [9.17, 15) is 4.79 Å². The lowest BCUT2D eigenvalue weighted by Crippen LogP contribution is -2.24. The Labute approximate surface area is 67.9 Å². The molecule has 0 bridgehead atoms. The number of rotatable bonds is 5. The van der Waals surface area contributed by atoms with Gasteiger partial charge in [0.2, 0.25) is 0 Å². The third-order valence-electron chi connectivity index (χ3n) is 1.58. The fraction of sp³-hybridized carbons (Fsp3) is 0.875. The molecular weight excluding hydrogens is 142 g/mol. The van der Waals surface area contributed by atoms with Gasteiger partial charge in [0.1, 0.15) is 0 Å². The van der Waals surface area contributed by atoms with Crippen LogP contribution >= 0.6 is 0 Å². The molecule has 0 aromatic rings. The zero-order valence-corrected chi connectivity index (χ0v) is 7.30. The monoisotopic (exact) mass is 159 g/mol. The number of hydrogen-bond acceptors (Lipinski definition) is 3. The zero-order valence-electron chi connectivity index (χ0n) is 7.30. The van der Waals surface area contributed by atoms with Crippen LogP contribution in [0.3, 0.4) is 0 Å². The molecule has 0 saturated carbocycles. The van der Waals surface area contributed by atoms with Gasteiger partial charge in [0, 0.05) is 6.04 Å². The van der Waals surface area contributed by atoms with Crippen molar-refractivity contribution in [3.63, 3.8) is 0 Å². The first kappa shape index (κ1) is 10.4. The number of carbonyl (C=O) groups is 1. The second-order valence-corrected chi connectivity index (χ2v) is 2.68. The summed E-state index contributed by atoms with van der Waals surface area (Å²) in [6, 6.07) is -0.0256. The zero-order chi connectivity index (χ0) is 8.69. The van der Waals surface area contributed by atoms with Crippen LogP contribution in [0, 0.1) is 0 Å². The van der Waals surface area contributed by atoms with Crippen LogP contribution in [0.25, 0.3) is 0 Å². The Hall–Kier alpha value is -0.570. The van der Waals surface area contributed by atoms with Crippen LogP contribution in [0.4, 0.5) is 0 Å². The Morgan fingerprint density at radius 2 is 2.27 bits per heavy atom. The molecule has 0 aliphatic carbocycles. The highest BCUT2D eigenvalue weighted by molar-refractivity contribution is 5.69. The first-order valence-electron chi connectivity index (χ1n) is 4.03. The Morgan fingerprint density at radius 1 is 1.64 bits per heavy atom. The lowest BCUT2D eigenvalue weighted by Gasteiger charge is -2.07. The van der Waals surface area contributed by atoms with E-state index in [-0.39, 0.29) is 12.0 Å². The van der Waals surface area contributed by atoms with Crippen molar-refractivity contribution in [3.8, 4) is 0 Å². The summed E-state index contributed by atoms with van der Waals surface area (Å²) in [7, 11) is 1.38. The molecular formula is C8H17NO2. The molecule has 0 aliphatic rings. The molecule has 0 rings (SSSR count). The Balaban J connectivity index is 3.35. The highest BCUT2D eigenvalue weighted by Crippen LogP contribution is 2.02. The van der Waals surface area contributed by atoms with Gasteiger partial charge in [-0.1, -0.05) is 19.8 Å². The molecule has 11 heavy (non-hydrogen) atoms. The number of methoxy groups -OCH3 is 1. The van der Waals surface area contributed by atoms with E-state index in [0.29, 0.717) is 6.42 Å². The van der Waals surface area contributed by atoms with Crippen molar-refractivity contribution in [2.45, 2.75) is 38.6 Å². The van der Waals surface area contributed by atoms with E-state index >= 15 is 0 Å². The third-order valence-corrected chi connectivity index (χ3v) is 1.58. The SMILES string of the molecule is CCCCC(N)CC(=O)OC. The minimum Gasteiger partial charge on any atom is -0.469 e. The maximum absolute atomic E-state index is 10.7. The van der Waals surface area contributed by atoms with Crippen LogP contribution in [0.5, 0.6) is 0 Å². The van der Waals surface area contributed by atoms with E-state index in [0.717, 1.165) is 19.3 Å². The van der Waals surface area contributed by atoms with E-state index in [2.05, 4.69) is 11.7 Å². The summed E-state index contributed by atoms with van der Waals surface area (Å²) in [5.41, 5.74) is 5.64. The lowest BCUT2D eigenvalue weighted by molar-refractivity contribution is -0.141. The van der Waals surface area contributed by atoms with Crippen LogP contribution in [0.2, 0.25) is 0 Å². The first-order valence-corrected chi connectivity index (χ1v) is 4.03. The summed E-state index contributed by atoms with van der Waals surface area (Å²) < 4.78 is 4.48. The van der Waals surface area contributed by atoms with Crippen molar-refractivity contribution in [1.29, 1.82) is 0 Å². The summed E-state index contributed by atoms with van der Waals surface area (Å²) in [5.74, 6) is -0.214. The fourth-order valence-electron chi connectivity index (χ4n) is 0.866. The molecule has 3 nitrogen and oxygen atoms in total. The summed E-state index contributed by atoms with van der Waals surface area (Å²) in [5, 5.41) is 0. The maximum Gasteiger partial charge on any atom is 0.307 e. The highest BCUT2D eigenvalue weighted by Gasteiger charge is 2.07. The number of nitrogens with two attached hydrogens (primary N) is 1. The summed E-state index contributed by atoms with van der Waals surface area (Å²) >= 11 is 0. The Kier molecular flexibility index (Phi) is 5.84. The van der Waals surface area contributed by atoms with Gasteiger partial charge in [-0.05, 0) is 6.42 Å². The highest BCUT2D eigenvalue weighted by atomic mass is 16.5. The normalized spacial score (nSPS) is 12.6. The molecule has 0 spiro atoms.